The lowest BCUT2D eigenvalue weighted by Gasteiger charge is -2.07. The van der Waals surface area contributed by atoms with E-state index in [4.69, 9.17) is 9.47 Å². The zero-order chi connectivity index (χ0) is 12.8. The fourth-order valence-electron chi connectivity index (χ4n) is 1.27. The molecule has 0 aromatic heterocycles. The van der Waals surface area contributed by atoms with E-state index in [1.165, 1.54) is 21.3 Å². The van der Waals surface area contributed by atoms with Crippen LogP contribution in [0.5, 0.6) is 11.5 Å². The van der Waals surface area contributed by atoms with Crippen LogP contribution in [0.3, 0.4) is 0 Å². The Balaban J connectivity index is 2.96. The Hall–Kier alpha value is -2.04. The second-order valence-corrected chi connectivity index (χ2v) is 3.28. The van der Waals surface area contributed by atoms with E-state index < -0.39 is 5.97 Å². The third-order valence-electron chi connectivity index (χ3n) is 2.21. The van der Waals surface area contributed by atoms with Crippen LogP contribution in [0.4, 0.5) is 0 Å². The first-order valence-electron chi connectivity index (χ1n) is 4.93. The van der Waals surface area contributed by atoms with Gasteiger partial charge in [-0.25, -0.2) is 0 Å². The molecule has 17 heavy (non-hydrogen) atoms. The number of ether oxygens (including phenoxy) is 3. The first kappa shape index (κ1) is 13.0. The molecule has 1 aromatic carbocycles. The molecule has 0 heterocycles. The fraction of sp³-hybridized carbons (Fsp3) is 0.333. The molecule has 0 amide bonds. The van der Waals surface area contributed by atoms with Crippen LogP contribution in [-0.2, 0) is 9.53 Å². The van der Waals surface area contributed by atoms with Crippen LogP contribution in [0.1, 0.15) is 16.8 Å². The molecule has 5 heteroatoms. The summed E-state index contributed by atoms with van der Waals surface area (Å²) in [5.41, 5.74) is 0.353. The Morgan fingerprint density at radius 1 is 1.00 bits per heavy atom. The van der Waals surface area contributed by atoms with E-state index in [9.17, 15) is 9.59 Å². The number of esters is 1. The Kier molecular flexibility index (Phi) is 4.51. The Bertz CT molecular complexity index is 403. The molecule has 0 radical (unpaired) electrons. The van der Waals surface area contributed by atoms with Gasteiger partial charge in [-0.05, 0) is 12.1 Å². The van der Waals surface area contributed by atoms with Crippen LogP contribution < -0.4 is 9.47 Å². The Morgan fingerprint density at radius 2 is 1.53 bits per heavy atom. The van der Waals surface area contributed by atoms with Gasteiger partial charge in [0.1, 0.15) is 17.9 Å². The van der Waals surface area contributed by atoms with E-state index in [-0.39, 0.29) is 12.2 Å². The van der Waals surface area contributed by atoms with Crippen molar-refractivity contribution in [2.45, 2.75) is 6.42 Å². The van der Waals surface area contributed by atoms with Gasteiger partial charge < -0.3 is 14.2 Å². The summed E-state index contributed by atoms with van der Waals surface area (Å²) in [6.07, 6.45) is -0.299. The summed E-state index contributed by atoms with van der Waals surface area (Å²) in [4.78, 5) is 22.7. The standard InChI is InChI=1S/C12H14O5/c1-15-9-4-8(5-10(6-9)16-2)11(13)7-12(14)17-3/h4-6H,7H2,1-3H3. The summed E-state index contributed by atoms with van der Waals surface area (Å²) in [7, 11) is 4.22. The normalized spacial score (nSPS) is 9.59. The van der Waals surface area contributed by atoms with Gasteiger partial charge in [0.25, 0.3) is 0 Å². The third-order valence-corrected chi connectivity index (χ3v) is 2.21. The summed E-state index contributed by atoms with van der Waals surface area (Å²) < 4.78 is 14.5. The van der Waals surface area contributed by atoms with Crippen molar-refractivity contribution in [3.63, 3.8) is 0 Å². The SMILES string of the molecule is COC(=O)CC(=O)c1cc(OC)cc(OC)c1. The van der Waals surface area contributed by atoms with Gasteiger partial charge in [0, 0.05) is 11.6 Å². The first-order valence-corrected chi connectivity index (χ1v) is 4.93. The predicted octanol–water partition coefficient (Wildman–Crippen LogP) is 1.45. The van der Waals surface area contributed by atoms with Gasteiger partial charge in [-0.3, -0.25) is 9.59 Å². The van der Waals surface area contributed by atoms with Crippen LogP contribution in [-0.4, -0.2) is 33.1 Å². The average molecular weight is 238 g/mol. The molecule has 0 fully saturated rings. The maximum absolute atomic E-state index is 11.7. The highest BCUT2D eigenvalue weighted by Gasteiger charge is 2.14. The molecular weight excluding hydrogens is 224 g/mol. The lowest BCUT2D eigenvalue weighted by Crippen LogP contribution is -2.09. The van der Waals surface area contributed by atoms with Crippen molar-refractivity contribution in [2.75, 3.05) is 21.3 Å². The lowest BCUT2D eigenvalue weighted by molar-refractivity contribution is -0.139. The summed E-state index contributed by atoms with van der Waals surface area (Å²) in [5.74, 6) is 0.0842. The number of benzene rings is 1. The molecule has 0 N–H and O–H groups in total. The largest absolute Gasteiger partial charge is 0.497 e. The number of rotatable bonds is 5. The van der Waals surface area contributed by atoms with E-state index in [0.717, 1.165) is 0 Å². The van der Waals surface area contributed by atoms with Crippen LogP contribution in [0.2, 0.25) is 0 Å². The highest BCUT2D eigenvalue weighted by atomic mass is 16.5. The second-order valence-electron chi connectivity index (χ2n) is 3.28. The van der Waals surface area contributed by atoms with Crippen LogP contribution >= 0.6 is 0 Å². The molecule has 0 aliphatic carbocycles. The van der Waals surface area contributed by atoms with Gasteiger partial charge in [0.2, 0.25) is 0 Å². The molecule has 0 atom stereocenters. The Labute approximate surface area is 99.3 Å². The van der Waals surface area contributed by atoms with E-state index in [0.29, 0.717) is 17.1 Å². The number of methoxy groups -OCH3 is 3. The van der Waals surface area contributed by atoms with Crippen molar-refractivity contribution in [3.05, 3.63) is 23.8 Å². The van der Waals surface area contributed by atoms with Gasteiger partial charge in [-0.15, -0.1) is 0 Å². The monoisotopic (exact) mass is 238 g/mol. The zero-order valence-corrected chi connectivity index (χ0v) is 9.98. The Morgan fingerprint density at radius 3 is 1.94 bits per heavy atom. The molecule has 1 rings (SSSR count). The van der Waals surface area contributed by atoms with Crippen molar-refractivity contribution in [3.8, 4) is 11.5 Å². The second kappa shape index (κ2) is 5.89. The van der Waals surface area contributed by atoms with E-state index in [1.807, 2.05) is 0 Å². The number of hydrogen-bond donors (Lipinski definition) is 0. The molecule has 0 bridgehead atoms. The van der Waals surface area contributed by atoms with E-state index in [1.54, 1.807) is 18.2 Å². The van der Waals surface area contributed by atoms with Gasteiger partial charge in [0.15, 0.2) is 5.78 Å². The highest BCUT2D eigenvalue weighted by Crippen LogP contribution is 2.23. The number of ketones is 1. The molecule has 92 valence electrons. The van der Waals surface area contributed by atoms with Gasteiger partial charge in [-0.1, -0.05) is 0 Å². The molecule has 0 saturated carbocycles. The molecule has 0 saturated heterocycles. The van der Waals surface area contributed by atoms with Crippen molar-refractivity contribution in [1.29, 1.82) is 0 Å². The van der Waals surface area contributed by atoms with Gasteiger partial charge in [0.05, 0.1) is 21.3 Å². The first-order chi connectivity index (χ1) is 8.10. The van der Waals surface area contributed by atoms with Crippen LogP contribution in [0, 0.1) is 0 Å². The summed E-state index contributed by atoms with van der Waals surface area (Å²) in [6.45, 7) is 0. The number of Topliss-reactive ketones (excluding diaryl/α,β-unsaturated/α-hetero) is 1. The van der Waals surface area contributed by atoms with Gasteiger partial charge >= 0.3 is 5.97 Å². The molecule has 0 aliphatic rings. The minimum absolute atomic E-state index is 0.299. The third kappa shape index (κ3) is 3.48. The summed E-state index contributed by atoms with van der Waals surface area (Å²) >= 11 is 0. The van der Waals surface area contributed by atoms with Crippen molar-refractivity contribution >= 4 is 11.8 Å². The minimum atomic E-state index is -0.572. The van der Waals surface area contributed by atoms with E-state index in [2.05, 4.69) is 4.74 Å². The van der Waals surface area contributed by atoms with Crippen LogP contribution in [0.25, 0.3) is 0 Å². The topological polar surface area (TPSA) is 61.8 Å². The van der Waals surface area contributed by atoms with Crippen LogP contribution in [0.15, 0.2) is 18.2 Å². The van der Waals surface area contributed by atoms with Gasteiger partial charge in [-0.2, -0.15) is 0 Å². The molecule has 1 aromatic rings. The molecule has 0 aliphatic heterocycles. The van der Waals surface area contributed by atoms with Crippen molar-refractivity contribution in [2.24, 2.45) is 0 Å². The molecule has 5 nitrogen and oxygen atoms in total. The minimum Gasteiger partial charge on any atom is -0.497 e. The maximum Gasteiger partial charge on any atom is 0.313 e. The quantitative estimate of drug-likeness (QED) is 0.441. The number of carbonyl (C=O) groups excluding carboxylic acids is 2. The molecule has 0 unspecified atom stereocenters. The van der Waals surface area contributed by atoms with E-state index >= 15 is 0 Å². The summed E-state index contributed by atoms with van der Waals surface area (Å²) in [6, 6.07) is 4.75. The lowest BCUT2D eigenvalue weighted by atomic mass is 10.1. The fourth-order valence-corrected chi connectivity index (χ4v) is 1.27. The average Bonchev–Trinajstić information content (AvgIpc) is 2.37. The molecule has 0 spiro atoms. The smallest absolute Gasteiger partial charge is 0.313 e. The number of carbonyl (C=O) groups is 2. The zero-order valence-electron chi connectivity index (χ0n) is 9.98. The molecular formula is C12H14O5. The predicted molar refractivity (Wildman–Crippen MR) is 60.5 cm³/mol. The highest BCUT2D eigenvalue weighted by molar-refractivity contribution is 6.06. The summed E-state index contributed by atoms with van der Waals surface area (Å²) in [5, 5.41) is 0. The maximum atomic E-state index is 11.7. The van der Waals surface area contributed by atoms with Crippen molar-refractivity contribution in [1.82, 2.24) is 0 Å². The van der Waals surface area contributed by atoms with Crippen molar-refractivity contribution < 1.29 is 23.8 Å². The number of hydrogen-bond acceptors (Lipinski definition) is 5.